The van der Waals surface area contributed by atoms with E-state index in [1.165, 1.54) is 47.7 Å². The van der Waals surface area contributed by atoms with Gasteiger partial charge in [-0.1, -0.05) is 12.1 Å². The van der Waals surface area contributed by atoms with Crippen molar-refractivity contribution >= 4 is 29.2 Å². The molecule has 1 aromatic carbocycles. The first kappa shape index (κ1) is 18.3. The summed E-state index contributed by atoms with van der Waals surface area (Å²) in [6.45, 7) is 2.86. The maximum atomic E-state index is 12.3. The fourth-order valence-corrected chi connectivity index (χ4v) is 4.66. The molecule has 5 heteroatoms. The summed E-state index contributed by atoms with van der Waals surface area (Å²) in [5.74, 6) is 0.789. The summed E-state index contributed by atoms with van der Waals surface area (Å²) in [5.41, 5.74) is 3.77. The lowest BCUT2D eigenvalue weighted by atomic mass is 9.89. The van der Waals surface area contributed by atoms with Gasteiger partial charge in [-0.2, -0.15) is 0 Å². The second kappa shape index (κ2) is 7.79. The number of rotatable bonds is 5. The summed E-state index contributed by atoms with van der Waals surface area (Å²) in [5, 5.41) is 8.08. The first-order chi connectivity index (χ1) is 11.7. The molecular weight excluding hydrogens is 334 g/mol. The summed E-state index contributed by atoms with van der Waals surface area (Å²) < 4.78 is 0. The van der Waals surface area contributed by atoms with Crippen molar-refractivity contribution in [3.63, 3.8) is 0 Å². The quantitative estimate of drug-likeness (QED) is 0.763. The van der Waals surface area contributed by atoms with Gasteiger partial charge in [-0.3, -0.25) is 4.79 Å². The Bertz CT molecular complexity index is 730. The van der Waals surface area contributed by atoms with Crippen LogP contribution in [0.1, 0.15) is 43.2 Å². The Balaban J connectivity index is 0.00000182. The molecule has 1 amide bonds. The standard InChI is InChI=1S/C20H27N3O.ClH/c1-13-3-2-4-18-20(13)15(12-22-18)7-8-21-19(24)11-14-9-16-5-6-17(10-14)23-16;/h2-4,12,14,16-17,22-23H,5-11H2,1H3,(H,21,24);1H. The van der Waals surface area contributed by atoms with Crippen LogP contribution < -0.4 is 10.6 Å². The lowest BCUT2D eigenvalue weighted by molar-refractivity contribution is -0.122. The van der Waals surface area contributed by atoms with Gasteiger partial charge in [0.25, 0.3) is 0 Å². The third-order valence-electron chi connectivity index (χ3n) is 5.76. The van der Waals surface area contributed by atoms with Crippen LogP contribution in [-0.4, -0.2) is 29.5 Å². The Morgan fingerprint density at radius 3 is 2.76 bits per heavy atom. The largest absolute Gasteiger partial charge is 0.361 e. The number of carbonyl (C=O) groups excluding carboxylic acids is 1. The van der Waals surface area contributed by atoms with Crippen LogP contribution >= 0.6 is 12.4 Å². The average Bonchev–Trinajstić information content (AvgIpc) is 3.12. The molecule has 3 N–H and O–H groups in total. The number of hydrogen-bond donors (Lipinski definition) is 3. The SMILES string of the molecule is Cc1cccc2[nH]cc(CCNC(=O)CC3CC4CCC(C3)N4)c12.Cl. The molecule has 0 aliphatic carbocycles. The molecule has 2 atom stereocenters. The van der Waals surface area contributed by atoms with E-state index in [1.807, 2.05) is 0 Å². The highest BCUT2D eigenvalue weighted by Crippen LogP contribution is 2.32. The van der Waals surface area contributed by atoms with E-state index in [-0.39, 0.29) is 18.3 Å². The van der Waals surface area contributed by atoms with Gasteiger partial charge >= 0.3 is 0 Å². The number of hydrogen-bond acceptors (Lipinski definition) is 2. The Hall–Kier alpha value is -1.52. The van der Waals surface area contributed by atoms with E-state index in [9.17, 15) is 4.79 Å². The smallest absolute Gasteiger partial charge is 0.220 e. The van der Waals surface area contributed by atoms with Crippen molar-refractivity contribution in [1.29, 1.82) is 0 Å². The molecule has 0 saturated carbocycles. The maximum Gasteiger partial charge on any atom is 0.220 e. The van der Waals surface area contributed by atoms with Crippen molar-refractivity contribution in [3.8, 4) is 0 Å². The van der Waals surface area contributed by atoms with Crippen molar-refractivity contribution in [2.75, 3.05) is 6.54 Å². The highest BCUT2D eigenvalue weighted by atomic mass is 35.5. The first-order valence-electron chi connectivity index (χ1n) is 9.27. The highest BCUT2D eigenvalue weighted by Gasteiger charge is 2.34. The van der Waals surface area contributed by atoms with E-state index in [2.05, 4.69) is 46.9 Å². The van der Waals surface area contributed by atoms with Gasteiger partial charge in [-0.25, -0.2) is 0 Å². The number of halogens is 1. The molecule has 1 aromatic heterocycles. The number of carbonyl (C=O) groups is 1. The zero-order chi connectivity index (χ0) is 16.5. The number of benzene rings is 1. The van der Waals surface area contributed by atoms with Crippen molar-refractivity contribution in [1.82, 2.24) is 15.6 Å². The molecule has 4 rings (SSSR count). The van der Waals surface area contributed by atoms with Gasteiger partial charge in [0.2, 0.25) is 5.91 Å². The number of nitrogens with one attached hydrogen (secondary N) is 3. The monoisotopic (exact) mass is 361 g/mol. The molecular formula is C20H28ClN3O. The average molecular weight is 362 g/mol. The summed E-state index contributed by atoms with van der Waals surface area (Å²) in [7, 11) is 0. The zero-order valence-electron chi connectivity index (χ0n) is 14.8. The lowest BCUT2D eigenvalue weighted by Crippen LogP contribution is -2.39. The number of aryl methyl sites for hydroxylation is 1. The number of amides is 1. The number of fused-ring (bicyclic) bond motifs is 3. The van der Waals surface area contributed by atoms with Crippen LogP contribution in [0.25, 0.3) is 10.9 Å². The minimum absolute atomic E-state index is 0. The van der Waals surface area contributed by atoms with E-state index in [0.717, 1.165) is 13.0 Å². The molecule has 0 radical (unpaired) electrons. The second-order valence-corrected chi connectivity index (χ2v) is 7.59. The van der Waals surface area contributed by atoms with Gasteiger partial charge in [0.15, 0.2) is 0 Å². The summed E-state index contributed by atoms with van der Waals surface area (Å²) in [4.78, 5) is 15.6. The molecule has 4 nitrogen and oxygen atoms in total. The van der Waals surface area contributed by atoms with Crippen LogP contribution in [-0.2, 0) is 11.2 Å². The fourth-order valence-electron chi connectivity index (χ4n) is 4.66. The zero-order valence-corrected chi connectivity index (χ0v) is 15.6. The van der Waals surface area contributed by atoms with Gasteiger partial charge in [-0.15, -0.1) is 12.4 Å². The molecule has 2 aliphatic heterocycles. The Morgan fingerprint density at radius 1 is 1.24 bits per heavy atom. The Kier molecular flexibility index (Phi) is 5.70. The number of aromatic nitrogens is 1. The number of piperidine rings is 1. The van der Waals surface area contributed by atoms with Crippen LogP contribution in [0.5, 0.6) is 0 Å². The lowest BCUT2D eigenvalue weighted by Gasteiger charge is -2.28. The fraction of sp³-hybridized carbons (Fsp3) is 0.550. The van der Waals surface area contributed by atoms with E-state index < -0.39 is 0 Å². The van der Waals surface area contributed by atoms with Gasteiger partial charge in [0.05, 0.1) is 0 Å². The predicted molar refractivity (Wildman–Crippen MR) is 104 cm³/mol. The molecule has 2 fully saturated rings. The van der Waals surface area contributed by atoms with E-state index >= 15 is 0 Å². The van der Waals surface area contributed by atoms with E-state index in [1.54, 1.807) is 0 Å². The molecule has 2 bridgehead atoms. The van der Waals surface area contributed by atoms with Crippen LogP contribution in [0.15, 0.2) is 24.4 Å². The molecule has 2 aliphatic rings. The topological polar surface area (TPSA) is 56.9 Å². The van der Waals surface area contributed by atoms with E-state index in [4.69, 9.17) is 0 Å². The predicted octanol–water partition coefficient (Wildman–Crippen LogP) is 3.48. The van der Waals surface area contributed by atoms with E-state index in [0.29, 0.717) is 24.4 Å². The van der Waals surface area contributed by atoms with Gasteiger partial charge in [-0.05, 0) is 62.1 Å². The molecule has 25 heavy (non-hydrogen) atoms. The van der Waals surface area contributed by atoms with Crippen LogP contribution in [0.2, 0.25) is 0 Å². The first-order valence-corrected chi connectivity index (χ1v) is 9.27. The van der Waals surface area contributed by atoms with Crippen molar-refractivity contribution < 1.29 is 4.79 Å². The van der Waals surface area contributed by atoms with Crippen LogP contribution in [0.3, 0.4) is 0 Å². The minimum Gasteiger partial charge on any atom is -0.361 e. The summed E-state index contributed by atoms with van der Waals surface area (Å²) >= 11 is 0. The minimum atomic E-state index is 0. The number of aromatic amines is 1. The molecule has 3 heterocycles. The Morgan fingerprint density at radius 2 is 2.00 bits per heavy atom. The third kappa shape index (κ3) is 4.01. The maximum absolute atomic E-state index is 12.3. The molecule has 2 aromatic rings. The van der Waals surface area contributed by atoms with Gasteiger partial charge < -0.3 is 15.6 Å². The van der Waals surface area contributed by atoms with Crippen molar-refractivity contribution in [2.24, 2.45) is 5.92 Å². The normalized spacial score (nSPS) is 24.9. The second-order valence-electron chi connectivity index (χ2n) is 7.59. The summed E-state index contributed by atoms with van der Waals surface area (Å²) in [6, 6.07) is 7.65. The summed E-state index contributed by atoms with van der Waals surface area (Å²) in [6.07, 6.45) is 8.59. The van der Waals surface area contributed by atoms with Gasteiger partial charge in [0.1, 0.15) is 0 Å². The van der Waals surface area contributed by atoms with Crippen molar-refractivity contribution in [3.05, 3.63) is 35.5 Å². The molecule has 2 saturated heterocycles. The van der Waals surface area contributed by atoms with Crippen molar-refractivity contribution in [2.45, 2.75) is 57.5 Å². The number of H-pyrrole nitrogens is 1. The van der Waals surface area contributed by atoms with Gasteiger partial charge in [0, 0.05) is 42.1 Å². The Labute approximate surface area is 155 Å². The third-order valence-corrected chi connectivity index (χ3v) is 5.76. The highest BCUT2D eigenvalue weighted by molar-refractivity contribution is 5.86. The molecule has 136 valence electrons. The molecule has 0 spiro atoms. The van der Waals surface area contributed by atoms with Crippen LogP contribution in [0.4, 0.5) is 0 Å². The molecule has 2 unspecified atom stereocenters. The van der Waals surface area contributed by atoms with Crippen LogP contribution in [0, 0.1) is 12.8 Å².